The maximum atomic E-state index is 5.54. The molecule has 1 unspecified atom stereocenters. The van der Waals surface area contributed by atoms with Crippen molar-refractivity contribution >= 4 is 5.96 Å². The molecule has 0 aliphatic carbocycles. The Kier molecular flexibility index (Phi) is 6.47. The third-order valence-corrected chi connectivity index (χ3v) is 5.15. The Hall–Kier alpha value is -0.850. The molecule has 0 aromatic rings. The molecule has 1 N–H and O–H groups in total. The van der Waals surface area contributed by atoms with E-state index in [2.05, 4.69) is 34.2 Å². The highest BCUT2D eigenvalue weighted by atomic mass is 16.5. The fourth-order valence-corrected chi connectivity index (χ4v) is 3.51. The number of guanidine groups is 1. The second kappa shape index (κ2) is 8.13. The van der Waals surface area contributed by atoms with E-state index in [-0.39, 0.29) is 5.54 Å². The number of ether oxygens (including phenoxy) is 2. The zero-order valence-corrected chi connectivity index (χ0v) is 14.6. The lowest BCUT2D eigenvalue weighted by molar-refractivity contribution is -0.00522. The SMILES string of the molecule is CN=C(NCC1(N(C)C)CCOCC1)N1CCC(COC)C1. The number of aliphatic imine (C=N–C) groups is 1. The van der Waals surface area contributed by atoms with Crippen LogP contribution in [0.2, 0.25) is 0 Å². The van der Waals surface area contributed by atoms with Gasteiger partial charge in [-0.1, -0.05) is 0 Å². The number of likely N-dealkylation sites (N-methyl/N-ethyl adjacent to an activating group) is 1. The molecule has 2 fully saturated rings. The molecule has 2 aliphatic heterocycles. The monoisotopic (exact) mass is 312 g/mol. The van der Waals surface area contributed by atoms with Crippen LogP contribution in [0, 0.1) is 5.92 Å². The summed E-state index contributed by atoms with van der Waals surface area (Å²) in [4.78, 5) is 9.17. The highest BCUT2D eigenvalue weighted by Crippen LogP contribution is 2.25. The number of likely N-dealkylation sites (tertiary alicyclic amines) is 1. The Labute approximate surface area is 134 Å². The molecule has 0 radical (unpaired) electrons. The first-order chi connectivity index (χ1) is 10.6. The summed E-state index contributed by atoms with van der Waals surface area (Å²) in [6, 6.07) is 0. The van der Waals surface area contributed by atoms with Crippen LogP contribution in [0.15, 0.2) is 4.99 Å². The third kappa shape index (κ3) is 4.12. The van der Waals surface area contributed by atoms with E-state index < -0.39 is 0 Å². The smallest absolute Gasteiger partial charge is 0.193 e. The van der Waals surface area contributed by atoms with E-state index in [4.69, 9.17) is 9.47 Å². The average molecular weight is 312 g/mol. The standard InChI is InChI=1S/C16H32N4O2/c1-17-15(20-8-5-14(11-20)12-21-4)18-13-16(19(2)3)6-9-22-10-7-16/h14H,5-13H2,1-4H3,(H,17,18). The van der Waals surface area contributed by atoms with Gasteiger partial charge in [0, 0.05) is 58.5 Å². The summed E-state index contributed by atoms with van der Waals surface area (Å²) < 4.78 is 10.8. The van der Waals surface area contributed by atoms with Gasteiger partial charge in [-0.2, -0.15) is 0 Å². The fraction of sp³-hybridized carbons (Fsp3) is 0.938. The van der Waals surface area contributed by atoms with Crippen LogP contribution in [-0.4, -0.2) is 89.0 Å². The molecule has 1 atom stereocenters. The van der Waals surface area contributed by atoms with E-state index in [1.807, 2.05) is 7.05 Å². The summed E-state index contributed by atoms with van der Waals surface area (Å²) in [5, 5.41) is 3.60. The first kappa shape index (κ1) is 17.5. The first-order valence-electron chi connectivity index (χ1n) is 8.31. The van der Waals surface area contributed by atoms with E-state index >= 15 is 0 Å². The van der Waals surface area contributed by atoms with Crippen molar-refractivity contribution in [1.29, 1.82) is 0 Å². The van der Waals surface area contributed by atoms with Gasteiger partial charge in [0.1, 0.15) is 0 Å². The van der Waals surface area contributed by atoms with E-state index in [0.29, 0.717) is 5.92 Å². The Morgan fingerprint density at radius 3 is 2.73 bits per heavy atom. The molecule has 22 heavy (non-hydrogen) atoms. The van der Waals surface area contributed by atoms with Gasteiger partial charge in [0.15, 0.2) is 5.96 Å². The molecular formula is C16H32N4O2. The maximum Gasteiger partial charge on any atom is 0.193 e. The maximum absolute atomic E-state index is 5.54. The van der Waals surface area contributed by atoms with Crippen molar-refractivity contribution in [2.75, 3.05) is 67.7 Å². The third-order valence-electron chi connectivity index (χ3n) is 5.15. The molecule has 6 heteroatoms. The molecule has 6 nitrogen and oxygen atoms in total. The van der Waals surface area contributed by atoms with Gasteiger partial charge in [0.25, 0.3) is 0 Å². The van der Waals surface area contributed by atoms with Crippen LogP contribution in [0.3, 0.4) is 0 Å². The lowest BCUT2D eigenvalue weighted by Crippen LogP contribution is -2.57. The minimum absolute atomic E-state index is 0.167. The van der Waals surface area contributed by atoms with E-state index in [1.54, 1.807) is 7.11 Å². The molecule has 2 rings (SSSR count). The minimum atomic E-state index is 0.167. The number of nitrogens with zero attached hydrogens (tertiary/aromatic N) is 3. The van der Waals surface area contributed by atoms with Gasteiger partial charge in [0.05, 0.1) is 6.61 Å². The van der Waals surface area contributed by atoms with Gasteiger partial charge in [0.2, 0.25) is 0 Å². The molecule has 0 saturated carbocycles. The summed E-state index contributed by atoms with van der Waals surface area (Å²) in [5.74, 6) is 1.64. The average Bonchev–Trinajstić information content (AvgIpc) is 2.97. The summed E-state index contributed by atoms with van der Waals surface area (Å²) in [5.41, 5.74) is 0.167. The highest BCUT2D eigenvalue weighted by Gasteiger charge is 2.35. The van der Waals surface area contributed by atoms with Crippen molar-refractivity contribution < 1.29 is 9.47 Å². The molecule has 0 aromatic carbocycles. The molecule has 128 valence electrons. The molecule has 2 heterocycles. The van der Waals surface area contributed by atoms with Crippen LogP contribution in [-0.2, 0) is 9.47 Å². The van der Waals surface area contributed by atoms with Crippen molar-refractivity contribution in [3.8, 4) is 0 Å². The quantitative estimate of drug-likeness (QED) is 0.596. The van der Waals surface area contributed by atoms with Crippen molar-refractivity contribution in [3.63, 3.8) is 0 Å². The van der Waals surface area contributed by atoms with Gasteiger partial charge in [-0.15, -0.1) is 0 Å². The second-order valence-electron chi connectivity index (χ2n) is 6.69. The van der Waals surface area contributed by atoms with E-state index in [9.17, 15) is 0 Å². The topological polar surface area (TPSA) is 49.3 Å². The van der Waals surface area contributed by atoms with Gasteiger partial charge < -0.3 is 24.6 Å². The number of methoxy groups -OCH3 is 1. The van der Waals surface area contributed by atoms with Crippen LogP contribution in [0.25, 0.3) is 0 Å². The molecule has 2 saturated heterocycles. The van der Waals surface area contributed by atoms with Crippen LogP contribution in [0.5, 0.6) is 0 Å². The lowest BCUT2D eigenvalue weighted by Gasteiger charge is -2.43. The molecule has 0 bridgehead atoms. The molecule has 0 aromatic heterocycles. The summed E-state index contributed by atoms with van der Waals surface area (Å²) in [7, 11) is 7.99. The van der Waals surface area contributed by atoms with Crippen molar-refractivity contribution in [2.45, 2.75) is 24.8 Å². The van der Waals surface area contributed by atoms with E-state index in [1.165, 1.54) is 6.42 Å². The van der Waals surface area contributed by atoms with Crippen LogP contribution >= 0.6 is 0 Å². The van der Waals surface area contributed by atoms with Crippen LogP contribution < -0.4 is 5.32 Å². The predicted molar refractivity (Wildman–Crippen MR) is 89.4 cm³/mol. The summed E-state index contributed by atoms with van der Waals surface area (Å²) >= 11 is 0. The number of hydrogen-bond donors (Lipinski definition) is 1. The Morgan fingerprint density at radius 1 is 1.41 bits per heavy atom. The Morgan fingerprint density at radius 2 is 2.14 bits per heavy atom. The molecular weight excluding hydrogens is 280 g/mol. The van der Waals surface area contributed by atoms with Crippen molar-refractivity contribution in [1.82, 2.24) is 15.1 Å². The fourth-order valence-electron chi connectivity index (χ4n) is 3.51. The van der Waals surface area contributed by atoms with Gasteiger partial charge in [-0.25, -0.2) is 0 Å². The van der Waals surface area contributed by atoms with Gasteiger partial charge in [-0.3, -0.25) is 4.99 Å². The summed E-state index contributed by atoms with van der Waals surface area (Å²) in [6.45, 7) is 5.54. The Bertz CT molecular complexity index is 367. The number of rotatable bonds is 5. The number of hydrogen-bond acceptors (Lipinski definition) is 4. The van der Waals surface area contributed by atoms with Crippen LogP contribution in [0.4, 0.5) is 0 Å². The largest absolute Gasteiger partial charge is 0.384 e. The normalized spacial score (nSPS) is 25.8. The second-order valence-corrected chi connectivity index (χ2v) is 6.69. The highest BCUT2D eigenvalue weighted by molar-refractivity contribution is 5.80. The van der Waals surface area contributed by atoms with Crippen molar-refractivity contribution in [2.24, 2.45) is 10.9 Å². The molecule has 0 amide bonds. The van der Waals surface area contributed by atoms with E-state index in [0.717, 1.165) is 58.3 Å². The van der Waals surface area contributed by atoms with Crippen LogP contribution in [0.1, 0.15) is 19.3 Å². The number of nitrogens with one attached hydrogen (secondary N) is 1. The molecule has 0 spiro atoms. The molecule has 2 aliphatic rings. The zero-order chi connectivity index (χ0) is 16.0. The lowest BCUT2D eigenvalue weighted by atomic mass is 9.88. The van der Waals surface area contributed by atoms with Crippen molar-refractivity contribution in [3.05, 3.63) is 0 Å². The van der Waals surface area contributed by atoms with Gasteiger partial charge >= 0.3 is 0 Å². The van der Waals surface area contributed by atoms with Gasteiger partial charge in [-0.05, 0) is 33.4 Å². The zero-order valence-electron chi connectivity index (χ0n) is 14.6. The summed E-state index contributed by atoms with van der Waals surface area (Å²) in [6.07, 6.45) is 3.31. The Balaban J connectivity index is 1.90. The predicted octanol–water partition coefficient (Wildman–Crippen LogP) is 0.641. The first-order valence-corrected chi connectivity index (χ1v) is 8.31. The minimum Gasteiger partial charge on any atom is -0.384 e.